The van der Waals surface area contributed by atoms with E-state index in [9.17, 15) is 15.0 Å². The topological polar surface area (TPSA) is 57.5 Å². The molecule has 0 bridgehead atoms. The van der Waals surface area contributed by atoms with Crippen molar-refractivity contribution in [2.45, 2.75) is 169 Å². The van der Waals surface area contributed by atoms with Gasteiger partial charge in [-0.05, 0) is 23.0 Å². The highest BCUT2D eigenvalue weighted by atomic mass is 16.4. The third-order valence-electron chi connectivity index (χ3n) is 6.93. The lowest BCUT2D eigenvalue weighted by atomic mass is 9.78. The molecule has 0 radical (unpaired) electrons. The van der Waals surface area contributed by atoms with E-state index in [2.05, 4.69) is 13.8 Å². The molecule has 1 aromatic carbocycles. The Labute approximate surface area is 224 Å². The van der Waals surface area contributed by atoms with E-state index in [4.69, 9.17) is 0 Å². The van der Waals surface area contributed by atoms with Crippen molar-refractivity contribution >= 4 is 5.97 Å². The van der Waals surface area contributed by atoms with Crippen LogP contribution < -0.4 is 0 Å². The Morgan fingerprint density at radius 1 is 0.583 bits per heavy atom. The number of carboxylic acids is 1. The van der Waals surface area contributed by atoms with Gasteiger partial charge in [-0.15, -0.1) is 0 Å². The maximum absolute atomic E-state index is 11.2. The summed E-state index contributed by atoms with van der Waals surface area (Å²) in [6.07, 6.45) is 23.4. The lowest BCUT2D eigenvalue weighted by Crippen LogP contribution is -2.18. The Hall–Kier alpha value is -1.51. The minimum absolute atomic E-state index is 0.208. The number of benzene rings is 1. The zero-order valence-corrected chi connectivity index (χ0v) is 25.3. The van der Waals surface area contributed by atoms with Gasteiger partial charge in [0.05, 0.1) is 5.56 Å². The number of phenolic OH excluding ortho intramolecular Hbond substituents is 1. The predicted octanol–water partition coefficient (Wildman–Crippen LogP) is 11.0. The predicted molar refractivity (Wildman–Crippen MR) is 158 cm³/mol. The van der Waals surface area contributed by atoms with Crippen LogP contribution in [0, 0.1) is 0 Å². The Balaban J connectivity index is 0.000000681. The summed E-state index contributed by atoms with van der Waals surface area (Å²) in [6, 6.07) is 3.12. The van der Waals surface area contributed by atoms with E-state index in [-0.39, 0.29) is 22.1 Å². The van der Waals surface area contributed by atoms with Crippen molar-refractivity contribution in [2.75, 3.05) is 0 Å². The highest BCUT2D eigenvalue weighted by Gasteiger charge is 2.27. The third-order valence-corrected chi connectivity index (χ3v) is 6.93. The number of hydrogen-bond acceptors (Lipinski definition) is 2. The van der Waals surface area contributed by atoms with Gasteiger partial charge in [0.15, 0.2) is 0 Å². The molecule has 36 heavy (non-hydrogen) atoms. The Morgan fingerprint density at radius 3 is 1.03 bits per heavy atom. The average Bonchev–Trinajstić information content (AvgIpc) is 2.78. The summed E-state index contributed by atoms with van der Waals surface area (Å²) in [4.78, 5) is 11.2. The summed E-state index contributed by atoms with van der Waals surface area (Å²) in [5.74, 6) is -0.758. The Morgan fingerprint density at radius 2 is 0.833 bits per heavy atom. The molecule has 0 aliphatic rings. The number of aromatic carboxylic acids is 1. The van der Waals surface area contributed by atoms with Gasteiger partial charge in [-0.3, -0.25) is 0 Å². The number of phenols is 1. The zero-order valence-electron chi connectivity index (χ0n) is 25.3. The lowest BCUT2D eigenvalue weighted by Gasteiger charge is -2.27. The Bertz CT molecular complexity index is 656. The number of carbonyl (C=O) groups is 1. The molecule has 0 heterocycles. The van der Waals surface area contributed by atoms with Crippen LogP contribution in [0.25, 0.3) is 0 Å². The van der Waals surface area contributed by atoms with Crippen LogP contribution >= 0.6 is 0 Å². The van der Waals surface area contributed by atoms with Crippen molar-refractivity contribution in [1.82, 2.24) is 0 Å². The summed E-state index contributed by atoms with van der Waals surface area (Å²) in [5, 5.41) is 19.5. The van der Waals surface area contributed by atoms with Crippen molar-refractivity contribution in [1.29, 1.82) is 0 Å². The summed E-state index contributed by atoms with van der Waals surface area (Å²) >= 11 is 0. The van der Waals surface area contributed by atoms with Crippen LogP contribution in [-0.2, 0) is 10.8 Å². The molecule has 210 valence electrons. The zero-order chi connectivity index (χ0) is 27.6. The van der Waals surface area contributed by atoms with Gasteiger partial charge in [-0.2, -0.15) is 0 Å². The van der Waals surface area contributed by atoms with Crippen molar-refractivity contribution in [3.05, 3.63) is 28.8 Å². The van der Waals surface area contributed by atoms with Crippen molar-refractivity contribution in [3.8, 4) is 5.75 Å². The van der Waals surface area contributed by atoms with Gasteiger partial charge >= 0.3 is 5.97 Å². The number of rotatable bonds is 16. The first-order chi connectivity index (χ1) is 16.9. The molecule has 0 spiro atoms. The molecule has 0 aromatic heterocycles. The monoisotopic (exact) mass is 504 g/mol. The largest absolute Gasteiger partial charge is 0.507 e. The Kier molecular flexibility index (Phi) is 17.9. The second-order valence-corrected chi connectivity index (χ2v) is 12.7. The fourth-order valence-corrected chi connectivity index (χ4v) is 4.52. The second-order valence-electron chi connectivity index (χ2n) is 12.7. The van der Waals surface area contributed by atoms with Crippen molar-refractivity contribution in [3.63, 3.8) is 0 Å². The molecule has 3 heteroatoms. The minimum atomic E-state index is -0.967. The van der Waals surface area contributed by atoms with Crippen LogP contribution in [-0.4, -0.2) is 16.2 Å². The summed E-state index contributed by atoms with van der Waals surface area (Å²) in [6.45, 7) is 16.3. The van der Waals surface area contributed by atoms with E-state index in [1.54, 1.807) is 12.1 Å². The highest BCUT2D eigenvalue weighted by molar-refractivity contribution is 5.88. The molecule has 0 unspecified atom stereocenters. The fourth-order valence-electron chi connectivity index (χ4n) is 4.52. The van der Waals surface area contributed by atoms with Gasteiger partial charge in [-0.1, -0.05) is 158 Å². The molecule has 0 aliphatic carbocycles. The summed E-state index contributed by atoms with van der Waals surface area (Å²) in [7, 11) is 0. The standard InChI is InChI=1S/C18H38.C15H22O3/c1-3-5-7-9-11-13-15-17-18-16-14-12-10-8-6-4-2;1-14(2,3)10-7-9(13(17)18)8-11(12(10)16)15(4,5)6/h3-18H2,1-2H3;7-8,16H,1-6H3,(H,17,18). The average molecular weight is 505 g/mol. The molecule has 2 N–H and O–H groups in total. The van der Waals surface area contributed by atoms with Gasteiger partial charge in [0.1, 0.15) is 5.75 Å². The van der Waals surface area contributed by atoms with Crippen molar-refractivity contribution in [2.24, 2.45) is 0 Å². The molecule has 1 rings (SSSR count). The van der Waals surface area contributed by atoms with Crippen LogP contribution in [0.2, 0.25) is 0 Å². The molecular formula is C33H60O3. The van der Waals surface area contributed by atoms with Crippen LogP contribution in [0.4, 0.5) is 0 Å². The van der Waals surface area contributed by atoms with E-state index < -0.39 is 5.97 Å². The molecule has 3 nitrogen and oxygen atoms in total. The molecule has 0 saturated heterocycles. The number of hydrogen-bond donors (Lipinski definition) is 2. The quantitative estimate of drug-likeness (QED) is 0.220. The molecule has 0 amide bonds. The normalized spacial score (nSPS) is 11.8. The lowest BCUT2D eigenvalue weighted by molar-refractivity contribution is 0.0696. The molecule has 0 fully saturated rings. The molecule has 1 aromatic rings. The first-order valence-electron chi connectivity index (χ1n) is 15.0. The van der Waals surface area contributed by atoms with Gasteiger partial charge < -0.3 is 10.2 Å². The highest BCUT2D eigenvalue weighted by Crippen LogP contribution is 2.39. The first-order valence-corrected chi connectivity index (χ1v) is 15.0. The third kappa shape index (κ3) is 15.6. The van der Waals surface area contributed by atoms with Crippen LogP contribution in [0.5, 0.6) is 5.75 Å². The molecule has 0 saturated carbocycles. The SMILES string of the molecule is CC(C)(C)c1cc(C(=O)O)cc(C(C)(C)C)c1O.CCCCCCCCCCCCCCCCCC. The summed E-state index contributed by atoms with van der Waals surface area (Å²) < 4.78 is 0. The van der Waals surface area contributed by atoms with Gasteiger partial charge in [0, 0.05) is 11.1 Å². The smallest absolute Gasteiger partial charge is 0.335 e. The van der Waals surface area contributed by atoms with E-state index >= 15 is 0 Å². The fraction of sp³-hybridized carbons (Fsp3) is 0.788. The van der Waals surface area contributed by atoms with Gasteiger partial charge in [-0.25, -0.2) is 4.79 Å². The van der Waals surface area contributed by atoms with E-state index in [1.807, 2.05) is 41.5 Å². The van der Waals surface area contributed by atoms with Crippen LogP contribution in [0.3, 0.4) is 0 Å². The second kappa shape index (κ2) is 18.7. The van der Waals surface area contributed by atoms with E-state index in [0.717, 1.165) is 0 Å². The number of unbranched alkanes of at least 4 members (excludes halogenated alkanes) is 15. The number of aromatic hydroxyl groups is 1. The maximum atomic E-state index is 11.2. The molecule has 0 aliphatic heterocycles. The molecule has 0 atom stereocenters. The van der Waals surface area contributed by atoms with Gasteiger partial charge in [0.2, 0.25) is 0 Å². The number of carboxylic acid groups (broad SMARTS) is 1. The summed E-state index contributed by atoms with van der Waals surface area (Å²) in [5.41, 5.74) is 0.979. The molecular weight excluding hydrogens is 444 g/mol. The van der Waals surface area contributed by atoms with Crippen LogP contribution in [0.15, 0.2) is 12.1 Å². The van der Waals surface area contributed by atoms with Crippen molar-refractivity contribution < 1.29 is 15.0 Å². The van der Waals surface area contributed by atoms with E-state index in [1.165, 1.54) is 103 Å². The van der Waals surface area contributed by atoms with Crippen LogP contribution in [0.1, 0.15) is 180 Å². The maximum Gasteiger partial charge on any atom is 0.335 e. The van der Waals surface area contributed by atoms with Gasteiger partial charge in [0.25, 0.3) is 0 Å². The van der Waals surface area contributed by atoms with E-state index in [0.29, 0.717) is 11.1 Å². The first kappa shape index (κ1) is 34.5. The minimum Gasteiger partial charge on any atom is -0.507 e.